The predicted molar refractivity (Wildman–Crippen MR) is 56.8 cm³/mol. The zero-order chi connectivity index (χ0) is 13.0. The van der Waals surface area contributed by atoms with Crippen LogP contribution < -0.4 is 4.74 Å². The molecule has 0 fully saturated rings. The van der Waals surface area contributed by atoms with Crippen LogP contribution in [-0.4, -0.2) is 19.7 Å². The maximum absolute atomic E-state index is 12.1. The molecule has 0 bridgehead atoms. The lowest BCUT2D eigenvalue weighted by molar-refractivity contribution is -0.0504. The minimum Gasteiger partial charge on any atom is -0.465 e. The van der Waals surface area contributed by atoms with Gasteiger partial charge >= 0.3 is 12.6 Å². The number of hydrogen-bond donors (Lipinski definition) is 0. The Morgan fingerprint density at radius 2 is 2.18 bits per heavy atom. The molecule has 90 valence electrons. The molecule has 0 radical (unpaired) electrons. The number of rotatable bonds is 3. The van der Waals surface area contributed by atoms with Crippen LogP contribution in [0, 0.1) is 11.3 Å². The molecule has 0 heterocycles. The molecular formula is C10H6BrF2NO3. The molecule has 0 aliphatic heterocycles. The number of hydrogen-bond acceptors (Lipinski definition) is 4. The van der Waals surface area contributed by atoms with Crippen LogP contribution in [0.3, 0.4) is 0 Å². The zero-order valence-electron chi connectivity index (χ0n) is 8.54. The van der Waals surface area contributed by atoms with Gasteiger partial charge in [-0.2, -0.15) is 14.0 Å². The average molecular weight is 306 g/mol. The topological polar surface area (TPSA) is 59.3 Å². The Labute approximate surface area is 104 Å². The lowest BCUT2D eigenvalue weighted by atomic mass is 10.1. The summed E-state index contributed by atoms with van der Waals surface area (Å²) in [6.07, 6.45) is 0. The number of halogens is 3. The van der Waals surface area contributed by atoms with E-state index in [0.717, 1.165) is 7.11 Å². The Balaban J connectivity index is 3.33. The first-order valence-electron chi connectivity index (χ1n) is 4.27. The molecule has 7 heteroatoms. The summed E-state index contributed by atoms with van der Waals surface area (Å²) in [5, 5.41) is 8.79. The van der Waals surface area contributed by atoms with Gasteiger partial charge in [0.05, 0.1) is 22.7 Å². The Morgan fingerprint density at radius 1 is 1.53 bits per heavy atom. The molecule has 0 aliphatic carbocycles. The Bertz CT molecular complexity index is 485. The highest BCUT2D eigenvalue weighted by Crippen LogP contribution is 2.32. The van der Waals surface area contributed by atoms with E-state index in [9.17, 15) is 13.6 Å². The van der Waals surface area contributed by atoms with Crippen molar-refractivity contribution in [3.63, 3.8) is 0 Å². The molecule has 0 aliphatic rings. The van der Waals surface area contributed by atoms with Crippen molar-refractivity contribution in [2.45, 2.75) is 6.61 Å². The van der Waals surface area contributed by atoms with Crippen LogP contribution in [0.2, 0.25) is 0 Å². The molecule has 0 aromatic heterocycles. The fourth-order valence-electron chi connectivity index (χ4n) is 1.14. The van der Waals surface area contributed by atoms with E-state index in [0.29, 0.717) is 0 Å². The summed E-state index contributed by atoms with van der Waals surface area (Å²) < 4.78 is 32.7. The minimum absolute atomic E-state index is 0.00495. The number of carbonyl (C=O) groups is 1. The van der Waals surface area contributed by atoms with Crippen molar-refractivity contribution in [1.82, 2.24) is 0 Å². The Morgan fingerprint density at radius 3 is 2.65 bits per heavy atom. The molecular weight excluding hydrogens is 300 g/mol. The normalized spacial score (nSPS) is 9.88. The summed E-state index contributed by atoms with van der Waals surface area (Å²) >= 11 is 2.93. The van der Waals surface area contributed by atoms with Gasteiger partial charge in [0.15, 0.2) is 0 Å². The smallest absolute Gasteiger partial charge is 0.387 e. The highest BCUT2D eigenvalue weighted by molar-refractivity contribution is 9.10. The van der Waals surface area contributed by atoms with Crippen LogP contribution in [0.25, 0.3) is 0 Å². The summed E-state index contributed by atoms with van der Waals surface area (Å²) in [5.74, 6) is -1.05. The maximum atomic E-state index is 12.1. The van der Waals surface area contributed by atoms with Crippen molar-refractivity contribution in [2.24, 2.45) is 0 Å². The van der Waals surface area contributed by atoms with Crippen LogP contribution >= 0.6 is 15.9 Å². The largest absolute Gasteiger partial charge is 0.465 e. The van der Waals surface area contributed by atoms with Gasteiger partial charge in [0, 0.05) is 0 Å². The van der Waals surface area contributed by atoms with Gasteiger partial charge in [-0.15, -0.1) is 0 Å². The third-order valence-corrected chi connectivity index (χ3v) is 2.62. The van der Waals surface area contributed by atoms with Crippen LogP contribution in [0.5, 0.6) is 5.75 Å². The molecule has 17 heavy (non-hydrogen) atoms. The van der Waals surface area contributed by atoms with Gasteiger partial charge in [0.25, 0.3) is 0 Å². The quantitative estimate of drug-likeness (QED) is 0.806. The van der Waals surface area contributed by atoms with Crippen LogP contribution in [0.4, 0.5) is 8.78 Å². The van der Waals surface area contributed by atoms with E-state index < -0.39 is 12.6 Å². The standard InChI is InChI=1S/C10H6BrF2NO3/c1-16-9(15)7-5(4-14)2-3-6(8(7)11)17-10(12)13/h2-3,10H,1H3. The Kier molecular flexibility index (Phi) is 4.40. The van der Waals surface area contributed by atoms with Crippen LogP contribution in [0.15, 0.2) is 16.6 Å². The fourth-order valence-corrected chi connectivity index (χ4v) is 1.74. The van der Waals surface area contributed by atoms with Crippen molar-refractivity contribution in [3.05, 3.63) is 27.7 Å². The highest BCUT2D eigenvalue weighted by atomic mass is 79.9. The van der Waals surface area contributed by atoms with Gasteiger partial charge < -0.3 is 9.47 Å². The van der Waals surface area contributed by atoms with Crippen LogP contribution in [0.1, 0.15) is 15.9 Å². The maximum Gasteiger partial charge on any atom is 0.387 e. The number of nitriles is 1. The third-order valence-electron chi connectivity index (χ3n) is 1.83. The van der Waals surface area contributed by atoms with Gasteiger partial charge in [-0.05, 0) is 28.1 Å². The van der Waals surface area contributed by atoms with Crippen molar-refractivity contribution in [1.29, 1.82) is 5.26 Å². The zero-order valence-corrected chi connectivity index (χ0v) is 10.1. The van der Waals surface area contributed by atoms with E-state index in [2.05, 4.69) is 25.4 Å². The molecule has 0 amide bonds. The van der Waals surface area contributed by atoms with E-state index in [1.807, 2.05) is 0 Å². The van der Waals surface area contributed by atoms with E-state index in [1.54, 1.807) is 6.07 Å². The van der Waals surface area contributed by atoms with Gasteiger partial charge in [0.2, 0.25) is 0 Å². The molecule has 4 nitrogen and oxygen atoms in total. The third kappa shape index (κ3) is 2.91. The first-order valence-corrected chi connectivity index (χ1v) is 5.06. The van der Waals surface area contributed by atoms with Crippen molar-refractivity contribution in [2.75, 3.05) is 7.11 Å². The second kappa shape index (κ2) is 5.59. The Hall–Kier alpha value is -1.68. The summed E-state index contributed by atoms with van der Waals surface area (Å²) in [4.78, 5) is 11.4. The van der Waals surface area contributed by atoms with Crippen LogP contribution in [-0.2, 0) is 4.74 Å². The van der Waals surface area contributed by atoms with Crippen molar-refractivity contribution >= 4 is 21.9 Å². The average Bonchev–Trinajstić information content (AvgIpc) is 2.30. The van der Waals surface area contributed by atoms with E-state index >= 15 is 0 Å². The monoisotopic (exact) mass is 305 g/mol. The number of methoxy groups -OCH3 is 1. The summed E-state index contributed by atoms with van der Waals surface area (Å²) in [5.41, 5.74) is -0.140. The summed E-state index contributed by atoms with van der Waals surface area (Å²) in [6, 6.07) is 4.13. The molecule has 0 atom stereocenters. The van der Waals surface area contributed by atoms with E-state index in [1.165, 1.54) is 12.1 Å². The lowest BCUT2D eigenvalue weighted by Gasteiger charge is -2.10. The predicted octanol–water partition coefficient (Wildman–Crippen LogP) is 2.71. The number of benzene rings is 1. The molecule has 1 rings (SSSR count). The number of esters is 1. The molecule has 0 N–H and O–H groups in total. The number of ether oxygens (including phenoxy) is 2. The first-order chi connectivity index (χ1) is 8.01. The number of carbonyl (C=O) groups excluding carboxylic acids is 1. The van der Waals surface area contributed by atoms with Gasteiger partial charge in [0.1, 0.15) is 11.8 Å². The second-order valence-electron chi connectivity index (χ2n) is 2.78. The number of alkyl halides is 2. The molecule has 0 saturated carbocycles. The van der Waals surface area contributed by atoms with Crippen molar-refractivity contribution < 1.29 is 23.0 Å². The first kappa shape index (κ1) is 13.4. The fraction of sp³-hybridized carbons (Fsp3) is 0.200. The molecule has 1 aromatic rings. The van der Waals surface area contributed by atoms with Gasteiger partial charge in [-0.25, -0.2) is 4.79 Å². The van der Waals surface area contributed by atoms with Gasteiger partial charge in [-0.1, -0.05) is 0 Å². The van der Waals surface area contributed by atoms with E-state index in [-0.39, 0.29) is 21.3 Å². The highest BCUT2D eigenvalue weighted by Gasteiger charge is 2.21. The van der Waals surface area contributed by atoms with Gasteiger partial charge in [-0.3, -0.25) is 0 Å². The minimum atomic E-state index is -3.02. The second-order valence-corrected chi connectivity index (χ2v) is 3.58. The molecule has 0 saturated heterocycles. The molecule has 1 aromatic carbocycles. The lowest BCUT2D eigenvalue weighted by Crippen LogP contribution is -2.09. The summed E-state index contributed by atoms with van der Waals surface area (Å²) in [7, 11) is 1.12. The SMILES string of the molecule is COC(=O)c1c(C#N)ccc(OC(F)F)c1Br. The summed E-state index contributed by atoms with van der Waals surface area (Å²) in [6.45, 7) is -3.02. The molecule has 0 spiro atoms. The number of nitrogens with zero attached hydrogens (tertiary/aromatic N) is 1. The molecule has 0 unspecified atom stereocenters. The van der Waals surface area contributed by atoms with Crippen molar-refractivity contribution in [3.8, 4) is 11.8 Å². The van der Waals surface area contributed by atoms with E-state index in [4.69, 9.17) is 5.26 Å².